The number of nitrogens with one attached hydrogen (secondary N) is 1. The van der Waals surface area contributed by atoms with Gasteiger partial charge in [0, 0.05) is 38.1 Å². The highest BCUT2D eigenvalue weighted by atomic mass is 16.2. The zero-order valence-electron chi connectivity index (χ0n) is 11.5. The van der Waals surface area contributed by atoms with Crippen LogP contribution >= 0.6 is 0 Å². The van der Waals surface area contributed by atoms with Gasteiger partial charge >= 0.3 is 0 Å². The average molecular weight is 270 g/mol. The Morgan fingerprint density at radius 2 is 1.95 bits per heavy atom. The summed E-state index contributed by atoms with van der Waals surface area (Å²) in [5.74, 6) is 0.0585. The number of para-hydroxylation sites is 1. The molecule has 1 aromatic carbocycles. The number of aromatic nitrogens is 2. The first-order chi connectivity index (χ1) is 9.75. The third-order valence-corrected chi connectivity index (χ3v) is 3.77. The van der Waals surface area contributed by atoms with Gasteiger partial charge in [-0.2, -0.15) is 5.10 Å². The molecule has 20 heavy (non-hydrogen) atoms. The van der Waals surface area contributed by atoms with Gasteiger partial charge in [0.1, 0.15) is 0 Å². The topological polar surface area (TPSA) is 52.2 Å². The quantitative estimate of drug-likeness (QED) is 0.903. The van der Waals surface area contributed by atoms with Gasteiger partial charge in [0.25, 0.3) is 5.91 Å². The van der Waals surface area contributed by atoms with Gasteiger partial charge in [0.05, 0.1) is 11.8 Å². The molecule has 2 heterocycles. The summed E-state index contributed by atoms with van der Waals surface area (Å²) in [5.41, 5.74) is 3.18. The molecule has 1 aliphatic rings. The second-order valence-corrected chi connectivity index (χ2v) is 5.05. The highest BCUT2D eigenvalue weighted by Gasteiger charge is 2.23. The number of hydrogen-bond acceptors (Lipinski definition) is 3. The Hall–Kier alpha value is -2.30. The van der Waals surface area contributed by atoms with Crippen LogP contribution in [0.5, 0.6) is 0 Å². The summed E-state index contributed by atoms with van der Waals surface area (Å²) in [6.45, 7) is 5.36. The van der Waals surface area contributed by atoms with E-state index in [4.69, 9.17) is 0 Å². The lowest BCUT2D eigenvalue weighted by Crippen LogP contribution is -2.48. The predicted molar refractivity (Wildman–Crippen MR) is 77.9 cm³/mol. The van der Waals surface area contributed by atoms with E-state index >= 15 is 0 Å². The molecule has 5 heteroatoms. The van der Waals surface area contributed by atoms with Gasteiger partial charge in [0.2, 0.25) is 0 Å². The molecule has 0 spiro atoms. The molecule has 2 aromatic rings. The molecule has 1 N–H and O–H groups in total. The van der Waals surface area contributed by atoms with Gasteiger partial charge in [-0.15, -0.1) is 0 Å². The van der Waals surface area contributed by atoms with Crippen LogP contribution in [0.3, 0.4) is 0 Å². The van der Waals surface area contributed by atoms with Gasteiger partial charge in [-0.05, 0) is 18.6 Å². The molecule has 0 unspecified atom stereocenters. The predicted octanol–water partition coefficient (Wildman–Crippen LogP) is 1.68. The lowest BCUT2D eigenvalue weighted by atomic mass is 10.1. The molecule has 1 fully saturated rings. The third-order valence-electron chi connectivity index (χ3n) is 3.77. The van der Waals surface area contributed by atoms with Crippen molar-refractivity contribution in [1.29, 1.82) is 0 Å². The maximum absolute atomic E-state index is 12.2. The average Bonchev–Trinajstić information content (AvgIpc) is 3.01. The Kier molecular flexibility index (Phi) is 3.41. The van der Waals surface area contributed by atoms with Crippen molar-refractivity contribution in [2.45, 2.75) is 6.92 Å². The van der Waals surface area contributed by atoms with E-state index in [-0.39, 0.29) is 5.91 Å². The first kappa shape index (κ1) is 12.7. The van der Waals surface area contributed by atoms with E-state index < -0.39 is 0 Å². The lowest BCUT2D eigenvalue weighted by Gasteiger charge is -2.36. The molecule has 1 amide bonds. The summed E-state index contributed by atoms with van der Waals surface area (Å²) in [6, 6.07) is 8.38. The van der Waals surface area contributed by atoms with Crippen LogP contribution in [0.2, 0.25) is 0 Å². The molecule has 0 bridgehead atoms. The number of nitrogens with zero attached hydrogens (tertiary/aromatic N) is 3. The Morgan fingerprint density at radius 1 is 1.20 bits per heavy atom. The summed E-state index contributed by atoms with van der Waals surface area (Å²) < 4.78 is 0. The molecule has 1 aliphatic heterocycles. The number of piperazine rings is 1. The second-order valence-electron chi connectivity index (χ2n) is 5.05. The molecule has 104 valence electrons. The van der Waals surface area contributed by atoms with E-state index in [0.29, 0.717) is 5.56 Å². The first-order valence-electron chi connectivity index (χ1n) is 6.84. The maximum atomic E-state index is 12.2. The molecule has 0 saturated carbocycles. The minimum Gasteiger partial charge on any atom is -0.368 e. The Bertz CT molecular complexity index is 586. The van der Waals surface area contributed by atoms with Crippen molar-refractivity contribution in [3.63, 3.8) is 0 Å². The number of benzene rings is 1. The molecule has 0 atom stereocenters. The number of rotatable bonds is 2. The van der Waals surface area contributed by atoms with Gasteiger partial charge in [-0.1, -0.05) is 18.2 Å². The first-order valence-corrected chi connectivity index (χ1v) is 6.84. The summed E-state index contributed by atoms with van der Waals surface area (Å²) in [4.78, 5) is 16.4. The largest absolute Gasteiger partial charge is 0.368 e. The molecule has 5 nitrogen and oxygen atoms in total. The van der Waals surface area contributed by atoms with Gasteiger partial charge < -0.3 is 9.80 Å². The van der Waals surface area contributed by atoms with Crippen molar-refractivity contribution in [2.24, 2.45) is 0 Å². The SMILES string of the molecule is Cc1ccccc1N1CCN(C(=O)c2cn[nH]c2)CC1. The lowest BCUT2D eigenvalue weighted by molar-refractivity contribution is 0.0747. The van der Waals surface area contributed by atoms with Crippen molar-refractivity contribution in [3.8, 4) is 0 Å². The Balaban J connectivity index is 1.65. The fourth-order valence-corrected chi connectivity index (χ4v) is 2.62. The van der Waals surface area contributed by atoms with Crippen LogP contribution < -0.4 is 4.90 Å². The van der Waals surface area contributed by atoms with Crippen molar-refractivity contribution in [1.82, 2.24) is 15.1 Å². The molecule has 1 saturated heterocycles. The summed E-state index contributed by atoms with van der Waals surface area (Å²) in [6.07, 6.45) is 3.23. The van der Waals surface area contributed by atoms with E-state index in [1.807, 2.05) is 4.90 Å². The van der Waals surface area contributed by atoms with Crippen LogP contribution in [0.15, 0.2) is 36.7 Å². The van der Waals surface area contributed by atoms with Crippen molar-refractivity contribution in [3.05, 3.63) is 47.8 Å². The van der Waals surface area contributed by atoms with Crippen LogP contribution in [0.1, 0.15) is 15.9 Å². The highest BCUT2D eigenvalue weighted by Crippen LogP contribution is 2.21. The molecule has 0 radical (unpaired) electrons. The number of carbonyl (C=O) groups is 1. The van der Waals surface area contributed by atoms with Crippen LogP contribution in [0, 0.1) is 6.92 Å². The van der Waals surface area contributed by atoms with E-state index in [1.165, 1.54) is 11.3 Å². The Morgan fingerprint density at radius 3 is 2.60 bits per heavy atom. The smallest absolute Gasteiger partial charge is 0.257 e. The number of aromatic amines is 1. The third kappa shape index (κ3) is 2.39. The van der Waals surface area contributed by atoms with E-state index in [1.54, 1.807) is 12.4 Å². The zero-order valence-corrected chi connectivity index (χ0v) is 11.5. The van der Waals surface area contributed by atoms with Gasteiger partial charge in [0.15, 0.2) is 0 Å². The summed E-state index contributed by atoms with van der Waals surface area (Å²) in [7, 11) is 0. The normalized spacial score (nSPS) is 15.4. The van der Waals surface area contributed by atoms with E-state index in [2.05, 4.69) is 46.3 Å². The minimum atomic E-state index is 0.0585. The Labute approximate surface area is 118 Å². The fourth-order valence-electron chi connectivity index (χ4n) is 2.62. The number of anilines is 1. The molecule has 1 aromatic heterocycles. The fraction of sp³-hybridized carbons (Fsp3) is 0.333. The van der Waals surface area contributed by atoms with Crippen LogP contribution in [0.4, 0.5) is 5.69 Å². The van der Waals surface area contributed by atoms with Crippen LogP contribution in [0.25, 0.3) is 0 Å². The number of hydrogen-bond donors (Lipinski definition) is 1. The van der Waals surface area contributed by atoms with Crippen molar-refractivity contribution < 1.29 is 4.79 Å². The van der Waals surface area contributed by atoms with Gasteiger partial charge in [-0.25, -0.2) is 0 Å². The van der Waals surface area contributed by atoms with E-state index in [0.717, 1.165) is 26.2 Å². The monoisotopic (exact) mass is 270 g/mol. The molecular weight excluding hydrogens is 252 g/mol. The van der Waals surface area contributed by atoms with E-state index in [9.17, 15) is 4.79 Å². The molecule has 0 aliphatic carbocycles. The molecule has 3 rings (SSSR count). The van der Waals surface area contributed by atoms with Crippen molar-refractivity contribution >= 4 is 11.6 Å². The zero-order chi connectivity index (χ0) is 13.9. The molecular formula is C15H18N4O. The van der Waals surface area contributed by atoms with Crippen LogP contribution in [-0.2, 0) is 0 Å². The maximum Gasteiger partial charge on any atom is 0.257 e. The number of carbonyl (C=O) groups excluding carboxylic acids is 1. The minimum absolute atomic E-state index is 0.0585. The van der Waals surface area contributed by atoms with Gasteiger partial charge in [-0.3, -0.25) is 9.89 Å². The van der Waals surface area contributed by atoms with Crippen LogP contribution in [-0.4, -0.2) is 47.2 Å². The standard InChI is InChI=1S/C15H18N4O/c1-12-4-2-3-5-14(12)18-6-8-19(9-7-18)15(20)13-10-16-17-11-13/h2-5,10-11H,6-9H2,1H3,(H,16,17). The highest BCUT2D eigenvalue weighted by molar-refractivity contribution is 5.93. The summed E-state index contributed by atoms with van der Waals surface area (Å²) >= 11 is 0. The summed E-state index contributed by atoms with van der Waals surface area (Å²) in [5, 5.41) is 6.51. The number of H-pyrrole nitrogens is 1. The number of aryl methyl sites for hydroxylation is 1. The number of amides is 1. The van der Waals surface area contributed by atoms with Crippen molar-refractivity contribution in [2.75, 3.05) is 31.1 Å². The second kappa shape index (κ2) is 5.36.